The molecule has 0 radical (unpaired) electrons. The van der Waals surface area contributed by atoms with Gasteiger partial charge in [0.25, 0.3) is 0 Å². The zero-order valence-corrected chi connectivity index (χ0v) is 8.53. The normalized spacial score (nSPS) is 10.8. The number of ether oxygens (including phenoxy) is 1. The molecule has 0 aliphatic heterocycles. The second-order valence-electron chi connectivity index (χ2n) is 3.39. The molecule has 0 saturated heterocycles. The Hall–Kier alpha value is -1.64. The number of methoxy groups -OCH3 is 1. The van der Waals surface area contributed by atoms with Crippen LogP contribution in [0.15, 0.2) is 18.2 Å². The van der Waals surface area contributed by atoms with Gasteiger partial charge in [0, 0.05) is 18.1 Å². The molecule has 1 N–H and O–H groups in total. The van der Waals surface area contributed by atoms with Gasteiger partial charge in [-0.2, -0.15) is 0 Å². The van der Waals surface area contributed by atoms with Crippen LogP contribution in [-0.2, 0) is 7.05 Å². The summed E-state index contributed by atoms with van der Waals surface area (Å²) in [5.74, 6) is 0.733. The summed E-state index contributed by atoms with van der Waals surface area (Å²) in [6, 6.07) is 5.67. The highest BCUT2D eigenvalue weighted by Crippen LogP contribution is 2.35. The zero-order chi connectivity index (χ0) is 10.3. The summed E-state index contributed by atoms with van der Waals surface area (Å²) in [6.45, 7) is 2.01. The summed E-state index contributed by atoms with van der Waals surface area (Å²) in [6.07, 6.45) is 0. The van der Waals surface area contributed by atoms with Crippen LogP contribution in [0.4, 0.5) is 0 Å². The molecule has 0 fully saturated rings. The van der Waals surface area contributed by atoms with Gasteiger partial charge in [0.05, 0.1) is 12.6 Å². The summed E-state index contributed by atoms with van der Waals surface area (Å²) in [4.78, 5) is 0. The monoisotopic (exact) mass is 191 g/mol. The predicted molar refractivity (Wildman–Crippen MR) is 55.9 cm³/mol. The fraction of sp³-hybridized carbons (Fsp3) is 0.273. The van der Waals surface area contributed by atoms with E-state index in [1.807, 2.05) is 30.7 Å². The number of aryl methyl sites for hydroxylation is 2. The van der Waals surface area contributed by atoms with Crippen molar-refractivity contribution in [2.75, 3.05) is 7.11 Å². The van der Waals surface area contributed by atoms with Gasteiger partial charge in [-0.25, -0.2) is 0 Å². The van der Waals surface area contributed by atoms with Crippen molar-refractivity contribution in [2.24, 2.45) is 7.05 Å². The van der Waals surface area contributed by atoms with Gasteiger partial charge in [-0.3, -0.25) is 0 Å². The van der Waals surface area contributed by atoms with Crippen molar-refractivity contribution in [1.82, 2.24) is 4.57 Å². The number of nitrogens with zero attached hydrogens (tertiary/aromatic N) is 1. The number of aromatic hydroxyl groups is 1. The lowest BCUT2D eigenvalue weighted by molar-refractivity contribution is 0.376. The van der Waals surface area contributed by atoms with E-state index in [2.05, 4.69) is 0 Å². The van der Waals surface area contributed by atoms with Crippen molar-refractivity contribution in [3.8, 4) is 11.5 Å². The van der Waals surface area contributed by atoms with E-state index in [4.69, 9.17) is 4.74 Å². The molecule has 3 heteroatoms. The van der Waals surface area contributed by atoms with E-state index >= 15 is 0 Å². The van der Waals surface area contributed by atoms with E-state index in [1.54, 1.807) is 13.2 Å². The number of phenols is 1. The molecule has 0 aliphatic carbocycles. The average Bonchev–Trinajstić information content (AvgIpc) is 2.46. The summed E-state index contributed by atoms with van der Waals surface area (Å²) in [7, 11) is 3.53. The predicted octanol–water partition coefficient (Wildman–Crippen LogP) is 2.20. The van der Waals surface area contributed by atoms with Gasteiger partial charge in [0.2, 0.25) is 0 Å². The second-order valence-corrected chi connectivity index (χ2v) is 3.39. The number of phenolic OH excluding ortho intramolecular Hbond substituents is 1. The quantitative estimate of drug-likeness (QED) is 0.749. The van der Waals surface area contributed by atoms with Crippen LogP contribution in [0, 0.1) is 6.92 Å². The van der Waals surface area contributed by atoms with Crippen molar-refractivity contribution in [2.45, 2.75) is 6.92 Å². The molecule has 0 atom stereocenters. The number of hydrogen-bond donors (Lipinski definition) is 1. The summed E-state index contributed by atoms with van der Waals surface area (Å²) in [5, 5.41) is 10.7. The van der Waals surface area contributed by atoms with Crippen LogP contribution in [0.25, 0.3) is 10.9 Å². The minimum absolute atomic E-state index is 0.216. The molecular weight excluding hydrogens is 178 g/mol. The third kappa shape index (κ3) is 1.05. The molecule has 2 aromatic rings. The summed E-state index contributed by atoms with van der Waals surface area (Å²) >= 11 is 0. The Balaban J connectivity index is 2.83. The van der Waals surface area contributed by atoms with Crippen LogP contribution >= 0.6 is 0 Å². The van der Waals surface area contributed by atoms with Gasteiger partial charge in [-0.1, -0.05) is 0 Å². The van der Waals surface area contributed by atoms with Crippen molar-refractivity contribution in [1.29, 1.82) is 0 Å². The van der Waals surface area contributed by atoms with Gasteiger partial charge in [0.1, 0.15) is 0 Å². The molecule has 0 unspecified atom stereocenters. The number of fused-ring (bicyclic) bond motifs is 1. The Labute approximate surface area is 82.5 Å². The van der Waals surface area contributed by atoms with E-state index in [0.717, 1.165) is 16.6 Å². The molecule has 74 valence electrons. The molecule has 1 aromatic heterocycles. The highest BCUT2D eigenvalue weighted by molar-refractivity contribution is 5.89. The number of rotatable bonds is 1. The lowest BCUT2D eigenvalue weighted by Crippen LogP contribution is -1.89. The third-order valence-corrected chi connectivity index (χ3v) is 2.62. The molecular formula is C11H13NO2. The second kappa shape index (κ2) is 2.94. The van der Waals surface area contributed by atoms with Crippen LogP contribution in [0.2, 0.25) is 0 Å². The van der Waals surface area contributed by atoms with Crippen LogP contribution < -0.4 is 4.74 Å². The van der Waals surface area contributed by atoms with Crippen molar-refractivity contribution in [3.63, 3.8) is 0 Å². The minimum Gasteiger partial charge on any atom is -0.504 e. The van der Waals surface area contributed by atoms with Crippen LogP contribution in [0.5, 0.6) is 11.5 Å². The molecule has 14 heavy (non-hydrogen) atoms. The Kier molecular flexibility index (Phi) is 1.88. The van der Waals surface area contributed by atoms with Gasteiger partial charge >= 0.3 is 0 Å². The fourth-order valence-corrected chi connectivity index (χ4v) is 1.67. The maximum Gasteiger partial charge on any atom is 0.167 e. The highest BCUT2D eigenvalue weighted by Gasteiger charge is 2.10. The topological polar surface area (TPSA) is 34.4 Å². The largest absolute Gasteiger partial charge is 0.504 e. The zero-order valence-electron chi connectivity index (χ0n) is 8.53. The smallest absolute Gasteiger partial charge is 0.167 e. The maximum absolute atomic E-state index is 9.85. The van der Waals surface area contributed by atoms with Crippen LogP contribution in [0.3, 0.4) is 0 Å². The first kappa shape index (κ1) is 8.94. The fourth-order valence-electron chi connectivity index (χ4n) is 1.67. The van der Waals surface area contributed by atoms with Crippen molar-refractivity contribution < 1.29 is 9.84 Å². The third-order valence-electron chi connectivity index (χ3n) is 2.62. The van der Waals surface area contributed by atoms with Gasteiger partial charge in [0.15, 0.2) is 11.5 Å². The molecule has 0 spiro atoms. The van der Waals surface area contributed by atoms with Gasteiger partial charge in [-0.05, 0) is 25.1 Å². The van der Waals surface area contributed by atoms with E-state index in [0.29, 0.717) is 5.75 Å². The Morgan fingerprint density at radius 3 is 2.71 bits per heavy atom. The van der Waals surface area contributed by atoms with Crippen molar-refractivity contribution >= 4 is 10.9 Å². The number of benzene rings is 1. The lowest BCUT2D eigenvalue weighted by atomic mass is 10.2. The van der Waals surface area contributed by atoms with Gasteiger partial charge in [-0.15, -0.1) is 0 Å². The molecule has 1 heterocycles. The van der Waals surface area contributed by atoms with E-state index in [1.165, 1.54) is 0 Å². The molecule has 0 aliphatic rings. The molecule has 3 nitrogen and oxygen atoms in total. The SMILES string of the molecule is COc1ccc2c(cc(C)n2C)c1O. The lowest BCUT2D eigenvalue weighted by Gasteiger charge is -2.04. The average molecular weight is 191 g/mol. The van der Waals surface area contributed by atoms with Crippen LogP contribution in [0.1, 0.15) is 5.69 Å². The Morgan fingerprint density at radius 2 is 2.07 bits per heavy atom. The minimum atomic E-state index is 0.216. The molecule has 2 rings (SSSR count). The molecule has 0 bridgehead atoms. The molecule has 0 amide bonds. The van der Waals surface area contributed by atoms with Gasteiger partial charge < -0.3 is 14.4 Å². The van der Waals surface area contributed by atoms with Crippen LogP contribution in [-0.4, -0.2) is 16.8 Å². The van der Waals surface area contributed by atoms with Crippen molar-refractivity contribution in [3.05, 3.63) is 23.9 Å². The summed E-state index contributed by atoms with van der Waals surface area (Å²) in [5.41, 5.74) is 2.13. The molecule has 1 aromatic carbocycles. The van der Waals surface area contributed by atoms with E-state index < -0.39 is 0 Å². The number of hydrogen-bond acceptors (Lipinski definition) is 2. The number of aromatic nitrogens is 1. The first-order chi connectivity index (χ1) is 6.65. The Morgan fingerprint density at radius 1 is 1.36 bits per heavy atom. The van der Waals surface area contributed by atoms with E-state index in [-0.39, 0.29) is 5.75 Å². The first-order valence-corrected chi connectivity index (χ1v) is 4.47. The van der Waals surface area contributed by atoms with E-state index in [9.17, 15) is 5.11 Å². The highest BCUT2D eigenvalue weighted by atomic mass is 16.5. The standard InChI is InChI=1S/C11H13NO2/c1-7-6-8-9(12(7)2)4-5-10(14-3)11(8)13/h4-6,13H,1-3H3. The first-order valence-electron chi connectivity index (χ1n) is 4.47. The Bertz CT molecular complexity index is 485. The maximum atomic E-state index is 9.85. The summed E-state index contributed by atoms with van der Waals surface area (Å²) < 4.78 is 7.08. The molecule has 0 saturated carbocycles.